The van der Waals surface area contributed by atoms with Gasteiger partial charge < -0.3 is 9.74 Å². The van der Waals surface area contributed by atoms with Gasteiger partial charge in [0, 0.05) is 23.6 Å². The van der Waals surface area contributed by atoms with Crippen LogP contribution in [0.2, 0.25) is 5.02 Å². The van der Waals surface area contributed by atoms with E-state index < -0.39 is 0 Å². The first-order valence-corrected chi connectivity index (χ1v) is 7.55. The number of nitrogens with zero attached hydrogens (tertiary/aromatic N) is 3. The van der Waals surface area contributed by atoms with Gasteiger partial charge in [-0.2, -0.15) is 0 Å². The maximum atomic E-state index is 5.96. The fraction of sp³-hybridized carbons (Fsp3) is 0.533. The summed E-state index contributed by atoms with van der Waals surface area (Å²) in [5.41, 5.74) is 0.802. The number of fused-ring (bicyclic) bond motifs is 2. The molecule has 5 rings (SSSR count). The molecule has 4 aliphatic rings. The molecule has 2 bridgehead atoms. The van der Waals surface area contributed by atoms with E-state index in [9.17, 15) is 0 Å². The van der Waals surface area contributed by atoms with Gasteiger partial charge in [-0.1, -0.05) is 16.8 Å². The summed E-state index contributed by atoms with van der Waals surface area (Å²) >= 11 is 5.96. The van der Waals surface area contributed by atoms with Crippen LogP contribution >= 0.6 is 11.6 Å². The molecule has 4 aliphatic heterocycles. The third-order valence-corrected chi connectivity index (χ3v) is 5.21. The Hall–Kier alpha value is -1.26. The van der Waals surface area contributed by atoms with E-state index in [0.717, 1.165) is 23.0 Å². The maximum Gasteiger partial charge on any atom is 0.226 e. The molecule has 1 aromatic carbocycles. The minimum atomic E-state index is -0.258. The first-order chi connectivity index (χ1) is 9.69. The standard InChI is InChI=1S/C15H18ClN3O/c1-18-14(11-2-4-13(16)5-3-11)17-20-15(18)10-19-8-6-12(15)7-9-19/h2-5,12H,6-10H2,1H3/t15-/m0/s1. The lowest BCUT2D eigenvalue weighted by molar-refractivity contribution is -0.190. The van der Waals surface area contributed by atoms with E-state index in [2.05, 4.69) is 22.0 Å². The third kappa shape index (κ3) is 1.68. The summed E-state index contributed by atoms with van der Waals surface area (Å²) in [4.78, 5) is 10.7. The Kier molecular flexibility index (Phi) is 2.72. The van der Waals surface area contributed by atoms with E-state index in [1.54, 1.807) is 0 Å². The van der Waals surface area contributed by atoms with E-state index in [-0.39, 0.29) is 5.72 Å². The van der Waals surface area contributed by atoms with Gasteiger partial charge in [0.2, 0.25) is 5.72 Å². The first-order valence-electron chi connectivity index (χ1n) is 7.17. The van der Waals surface area contributed by atoms with Crippen molar-refractivity contribution in [1.82, 2.24) is 9.80 Å². The summed E-state index contributed by atoms with van der Waals surface area (Å²) in [7, 11) is 2.10. The second-order valence-electron chi connectivity index (χ2n) is 5.97. The third-order valence-electron chi connectivity index (χ3n) is 4.95. The summed E-state index contributed by atoms with van der Waals surface area (Å²) in [6, 6.07) is 7.80. The minimum absolute atomic E-state index is 0.258. The van der Waals surface area contributed by atoms with E-state index >= 15 is 0 Å². The van der Waals surface area contributed by atoms with Crippen molar-refractivity contribution in [2.24, 2.45) is 11.1 Å². The molecule has 0 saturated carbocycles. The zero-order valence-electron chi connectivity index (χ0n) is 11.6. The van der Waals surface area contributed by atoms with Crippen LogP contribution in [0.15, 0.2) is 29.4 Å². The Morgan fingerprint density at radius 2 is 1.95 bits per heavy atom. The van der Waals surface area contributed by atoms with Crippen molar-refractivity contribution in [3.05, 3.63) is 34.9 Å². The summed E-state index contributed by atoms with van der Waals surface area (Å²) in [5, 5.41) is 5.13. The van der Waals surface area contributed by atoms with Crippen LogP contribution < -0.4 is 0 Å². The van der Waals surface area contributed by atoms with Crippen LogP contribution in [0.25, 0.3) is 0 Å². The lowest BCUT2D eigenvalue weighted by Crippen LogP contribution is -2.65. The highest BCUT2D eigenvalue weighted by Crippen LogP contribution is 2.43. The highest BCUT2D eigenvalue weighted by atomic mass is 35.5. The number of hydrogen-bond acceptors (Lipinski definition) is 4. The molecule has 0 unspecified atom stereocenters. The van der Waals surface area contributed by atoms with Crippen LogP contribution in [-0.4, -0.2) is 48.0 Å². The lowest BCUT2D eigenvalue weighted by Gasteiger charge is -2.52. The molecule has 0 radical (unpaired) electrons. The molecule has 0 amide bonds. The minimum Gasteiger partial charge on any atom is -0.363 e. The largest absolute Gasteiger partial charge is 0.363 e. The molecule has 3 fully saturated rings. The Labute approximate surface area is 123 Å². The van der Waals surface area contributed by atoms with E-state index in [4.69, 9.17) is 16.4 Å². The molecule has 4 heterocycles. The van der Waals surface area contributed by atoms with Crippen molar-refractivity contribution >= 4 is 17.4 Å². The van der Waals surface area contributed by atoms with Crippen LogP contribution in [-0.2, 0) is 4.84 Å². The fourth-order valence-corrected chi connectivity index (χ4v) is 3.87. The topological polar surface area (TPSA) is 28.1 Å². The zero-order chi connectivity index (χ0) is 13.7. The van der Waals surface area contributed by atoms with Gasteiger partial charge in [0.25, 0.3) is 0 Å². The molecule has 1 spiro atoms. The molecule has 0 aliphatic carbocycles. The molecule has 4 nitrogen and oxygen atoms in total. The number of halogens is 1. The normalized spacial score (nSPS) is 35.3. The molecule has 20 heavy (non-hydrogen) atoms. The van der Waals surface area contributed by atoms with Crippen molar-refractivity contribution < 1.29 is 4.84 Å². The predicted molar refractivity (Wildman–Crippen MR) is 78.7 cm³/mol. The highest BCUT2D eigenvalue weighted by Gasteiger charge is 2.55. The fourth-order valence-electron chi connectivity index (χ4n) is 3.74. The second kappa shape index (κ2) is 4.37. The van der Waals surface area contributed by atoms with Gasteiger partial charge >= 0.3 is 0 Å². The quantitative estimate of drug-likeness (QED) is 0.795. The number of benzene rings is 1. The number of likely N-dealkylation sites (N-methyl/N-ethyl adjacent to an activating group) is 1. The first kappa shape index (κ1) is 12.5. The molecule has 3 saturated heterocycles. The Morgan fingerprint density at radius 3 is 2.55 bits per heavy atom. The number of rotatable bonds is 1. The summed E-state index contributed by atoms with van der Waals surface area (Å²) in [6.45, 7) is 3.34. The number of oxime groups is 1. The van der Waals surface area contributed by atoms with E-state index in [0.29, 0.717) is 5.92 Å². The van der Waals surface area contributed by atoms with Crippen molar-refractivity contribution in [3.63, 3.8) is 0 Å². The monoisotopic (exact) mass is 291 g/mol. The number of amidine groups is 1. The second-order valence-corrected chi connectivity index (χ2v) is 6.40. The van der Waals surface area contributed by atoms with Gasteiger partial charge in [0.05, 0.1) is 6.54 Å². The van der Waals surface area contributed by atoms with Gasteiger partial charge in [-0.25, -0.2) is 0 Å². The van der Waals surface area contributed by atoms with Gasteiger partial charge in [0.15, 0.2) is 5.84 Å². The molecule has 106 valence electrons. The highest BCUT2D eigenvalue weighted by molar-refractivity contribution is 6.30. The molecular weight excluding hydrogens is 274 g/mol. The average molecular weight is 292 g/mol. The Bertz CT molecular complexity index is 551. The molecule has 5 heteroatoms. The smallest absolute Gasteiger partial charge is 0.226 e. The summed E-state index contributed by atoms with van der Waals surface area (Å²) in [5.74, 6) is 1.49. The summed E-state index contributed by atoms with van der Waals surface area (Å²) < 4.78 is 0. The van der Waals surface area contributed by atoms with Gasteiger partial charge in [-0.05, 0) is 50.2 Å². The van der Waals surface area contributed by atoms with E-state index in [1.807, 2.05) is 24.3 Å². The van der Waals surface area contributed by atoms with Crippen molar-refractivity contribution in [2.45, 2.75) is 18.6 Å². The number of piperidine rings is 3. The Morgan fingerprint density at radius 1 is 1.25 bits per heavy atom. The molecule has 0 N–H and O–H groups in total. The molecular formula is C15H18ClN3O. The van der Waals surface area contributed by atoms with Gasteiger partial charge in [-0.3, -0.25) is 4.90 Å². The van der Waals surface area contributed by atoms with Crippen molar-refractivity contribution in [2.75, 3.05) is 26.7 Å². The van der Waals surface area contributed by atoms with Gasteiger partial charge in [0.1, 0.15) is 0 Å². The van der Waals surface area contributed by atoms with Crippen LogP contribution in [0.4, 0.5) is 0 Å². The molecule has 1 aromatic rings. The van der Waals surface area contributed by atoms with Crippen LogP contribution in [0.5, 0.6) is 0 Å². The maximum absolute atomic E-state index is 5.96. The number of hydrogen-bond donors (Lipinski definition) is 0. The Balaban J connectivity index is 1.64. The van der Waals surface area contributed by atoms with Gasteiger partial charge in [-0.15, -0.1) is 0 Å². The summed E-state index contributed by atoms with van der Waals surface area (Å²) in [6.07, 6.45) is 2.40. The van der Waals surface area contributed by atoms with E-state index in [1.165, 1.54) is 25.9 Å². The van der Waals surface area contributed by atoms with Crippen LogP contribution in [0.3, 0.4) is 0 Å². The van der Waals surface area contributed by atoms with Crippen molar-refractivity contribution in [1.29, 1.82) is 0 Å². The lowest BCUT2D eigenvalue weighted by atomic mass is 9.80. The zero-order valence-corrected chi connectivity index (χ0v) is 12.3. The van der Waals surface area contributed by atoms with Crippen molar-refractivity contribution in [3.8, 4) is 0 Å². The SMILES string of the molecule is CN1C(c2ccc(Cl)cc2)=NO[C@]12CN1CCC2CC1. The van der Waals surface area contributed by atoms with Crippen LogP contribution in [0.1, 0.15) is 18.4 Å². The average Bonchev–Trinajstić information content (AvgIpc) is 2.79. The molecule has 0 aromatic heterocycles. The molecule has 1 atom stereocenters. The van der Waals surface area contributed by atoms with Crippen LogP contribution in [0, 0.1) is 5.92 Å². The predicted octanol–water partition coefficient (Wildman–Crippen LogP) is 2.39.